The molecule has 0 saturated carbocycles. The van der Waals surface area contributed by atoms with Crippen LogP contribution in [0, 0.1) is 0 Å². The molecule has 1 amide bonds. The largest absolute Gasteiger partial charge is 0.452 e. The number of carbonyl (C=O) groups is 2. The molecule has 1 aromatic heterocycles. The van der Waals surface area contributed by atoms with Crippen molar-refractivity contribution in [1.82, 2.24) is 0 Å². The van der Waals surface area contributed by atoms with Gasteiger partial charge in [-0.15, -0.1) is 0 Å². The molecule has 154 valence electrons. The Hall–Kier alpha value is -3.84. The molecule has 0 bridgehead atoms. The number of hydrogen-bond acceptors (Lipinski definition) is 6. The Morgan fingerprint density at radius 2 is 1.61 bits per heavy atom. The summed E-state index contributed by atoms with van der Waals surface area (Å²) in [5.41, 5.74) is -0.0998. The van der Waals surface area contributed by atoms with Crippen LogP contribution < -0.4 is 10.9 Å². The fourth-order valence-electron chi connectivity index (χ4n) is 2.87. The van der Waals surface area contributed by atoms with Crippen LogP contribution in [-0.4, -0.2) is 18.5 Å². The van der Waals surface area contributed by atoms with Crippen molar-refractivity contribution in [2.24, 2.45) is 0 Å². The van der Waals surface area contributed by atoms with Gasteiger partial charge in [0, 0.05) is 15.2 Å². The van der Waals surface area contributed by atoms with Crippen LogP contribution in [0.1, 0.15) is 10.4 Å². The first-order chi connectivity index (χ1) is 15.1. The standard InChI is InChI=1S/C24H17NO5S/c26-22(25-19-11-5-7-13-21(19)31-17-9-2-1-3-10-17)15-29-23(27)18-14-16-8-4-6-12-20(16)30-24(18)28/h1-14H,15H2,(H,25,26). The van der Waals surface area contributed by atoms with E-state index in [4.69, 9.17) is 9.15 Å². The number of carbonyl (C=O) groups excluding carboxylic acids is 2. The van der Waals surface area contributed by atoms with Gasteiger partial charge in [-0.1, -0.05) is 60.3 Å². The van der Waals surface area contributed by atoms with Crippen molar-refractivity contribution in [3.05, 3.63) is 101 Å². The monoisotopic (exact) mass is 431 g/mol. The molecule has 3 aromatic carbocycles. The molecule has 0 aliphatic carbocycles. The number of esters is 1. The van der Waals surface area contributed by atoms with Gasteiger partial charge in [-0.2, -0.15) is 0 Å². The first kappa shape index (κ1) is 20.4. The maximum absolute atomic E-state index is 12.4. The fourth-order valence-corrected chi connectivity index (χ4v) is 3.80. The molecule has 7 heteroatoms. The SMILES string of the molecule is O=C(COC(=O)c1cc2ccccc2oc1=O)Nc1ccccc1Sc1ccccc1. The Morgan fingerprint density at radius 1 is 0.903 bits per heavy atom. The second kappa shape index (κ2) is 9.32. The van der Waals surface area contributed by atoms with E-state index in [0.29, 0.717) is 16.7 Å². The van der Waals surface area contributed by atoms with E-state index in [0.717, 1.165) is 9.79 Å². The van der Waals surface area contributed by atoms with Crippen molar-refractivity contribution >= 4 is 40.3 Å². The molecule has 6 nitrogen and oxygen atoms in total. The lowest BCUT2D eigenvalue weighted by molar-refractivity contribution is -0.119. The highest BCUT2D eigenvalue weighted by Crippen LogP contribution is 2.33. The minimum atomic E-state index is -0.915. The van der Waals surface area contributed by atoms with E-state index >= 15 is 0 Å². The van der Waals surface area contributed by atoms with Gasteiger partial charge in [0.1, 0.15) is 11.1 Å². The van der Waals surface area contributed by atoms with Crippen molar-refractivity contribution in [3.8, 4) is 0 Å². The van der Waals surface area contributed by atoms with E-state index < -0.39 is 24.1 Å². The number of benzene rings is 3. The van der Waals surface area contributed by atoms with Crippen molar-refractivity contribution in [3.63, 3.8) is 0 Å². The summed E-state index contributed by atoms with van der Waals surface area (Å²) >= 11 is 1.50. The molecule has 0 aliphatic rings. The summed E-state index contributed by atoms with van der Waals surface area (Å²) < 4.78 is 10.2. The Bertz CT molecular complexity index is 1300. The zero-order chi connectivity index (χ0) is 21.6. The molecule has 0 spiro atoms. The maximum atomic E-state index is 12.4. The molecule has 0 saturated heterocycles. The molecule has 0 fully saturated rings. The zero-order valence-corrected chi connectivity index (χ0v) is 17.1. The van der Waals surface area contributed by atoms with Crippen LogP contribution in [0.4, 0.5) is 5.69 Å². The predicted octanol–water partition coefficient (Wildman–Crippen LogP) is 4.74. The lowest BCUT2D eigenvalue weighted by Crippen LogP contribution is -2.23. The second-order valence-electron chi connectivity index (χ2n) is 6.52. The topological polar surface area (TPSA) is 85.6 Å². The first-order valence-corrected chi connectivity index (χ1v) is 10.2. The summed E-state index contributed by atoms with van der Waals surface area (Å²) in [4.78, 5) is 38.6. The third-order valence-corrected chi connectivity index (χ3v) is 5.41. The lowest BCUT2D eigenvalue weighted by atomic mass is 10.2. The summed E-state index contributed by atoms with van der Waals surface area (Å²) in [7, 11) is 0. The molecule has 31 heavy (non-hydrogen) atoms. The van der Waals surface area contributed by atoms with Crippen molar-refractivity contribution < 1.29 is 18.7 Å². The number of para-hydroxylation sites is 2. The van der Waals surface area contributed by atoms with E-state index in [9.17, 15) is 14.4 Å². The van der Waals surface area contributed by atoms with Gasteiger partial charge >= 0.3 is 11.6 Å². The normalized spacial score (nSPS) is 10.6. The van der Waals surface area contributed by atoms with E-state index in [2.05, 4.69) is 5.32 Å². The third kappa shape index (κ3) is 5.02. The summed E-state index contributed by atoms with van der Waals surface area (Å²) in [5.74, 6) is -1.43. The van der Waals surface area contributed by atoms with Gasteiger partial charge in [-0.25, -0.2) is 9.59 Å². The van der Waals surface area contributed by atoms with Gasteiger partial charge in [0.25, 0.3) is 5.91 Å². The number of hydrogen-bond donors (Lipinski definition) is 1. The van der Waals surface area contributed by atoms with Crippen LogP contribution >= 0.6 is 11.8 Å². The number of nitrogens with one attached hydrogen (secondary N) is 1. The van der Waals surface area contributed by atoms with Gasteiger partial charge in [-0.3, -0.25) is 4.79 Å². The molecule has 0 aliphatic heterocycles. The van der Waals surface area contributed by atoms with E-state index in [1.807, 2.05) is 42.5 Å². The average Bonchev–Trinajstić information content (AvgIpc) is 2.79. The van der Waals surface area contributed by atoms with E-state index in [-0.39, 0.29) is 5.56 Å². The highest BCUT2D eigenvalue weighted by Gasteiger charge is 2.17. The molecular formula is C24H17NO5S. The highest BCUT2D eigenvalue weighted by molar-refractivity contribution is 7.99. The molecular weight excluding hydrogens is 414 g/mol. The third-order valence-electron chi connectivity index (χ3n) is 4.33. The molecule has 4 rings (SSSR count). The second-order valence-corrected chi connectivity index (χ2v) is 7.64. The van der Waals surface area contributed by atoms with Gasteiger partial charge in [0.2, 0.25) is 0 Å². The Kier molecular flexibility index (Phi) is 6.14. The van der Waals surface area contributed by atoms with Crippen LogP contribution in [0.2, 0.25) is 0 Å². The summed E-state index contributed by atoms with van der Waals surface area (Å²) in [6.45, 7) is -0.532. The van der Waals surface area contributed by atoms with Crippen LogP contribution in [0.3, 0.4) is 0 Å². The van der Waals surface area contributed by atoms with Gasteiger partial charge in [-0.05, 0) is 36.4 Å². The highest BCUT2D eigenvalue weighted by atomic mass is 32.2. The Labute approximate surface area is 181 Å². The quantitative estimate of drug-likeness (QED) is 0.351. The van der Waals surface area contributed by atoms with Crippen LogP contribution in [0.15, 0.2) is 104 Å². The summed E-state index contributed by atoms with van der Waals surface area (Å²) in [6, 6.07) is 25.3. The van der Waals surface area contributed by atoms with Crippen molar-refractivity contribution in [2.75, 3.05) is 11.9 Å². The lowest BCUT2D eigenvalue weighted by Gasteiger charge is -2.11. The smallest absolute Gasteiger partial charge is 0.351 e. The minimum absolute atomic E-state index is 0.258. The number of amides is 1. The Balaban J connectivity index is 1.42. The van der Waals surface area contributed by atoms with E-state index in [1.54, 1.807) is 36.4 Å². The predicted molar refractivity (Wildman–Crippen MR) is 118 cm³/mol. The number of ether oxygens (including phenoxy) is 1. The van der Waals surface area contributed by atoms with E-state index in [1.165, 1.54) is 17.8 Å². The Morgan fingerprint density at radius 3 is 2.45 bits per heavy atom. The molecule has 4 aromatic rings. The van der Waals surface area contributed by atoms with Crippen LogP contribution in [-0.2, 0) is 9.53 Å². The number of rotatable bonds is 6. The number of anilines is 1. The van der Waals surface area contributed by atoms with Crippen molar-refractivity contribution in [1.29, 1.82) is 0 Å². The zero-order valence-electron chi connectivity index (χ0n) is 16.2. The van der Waals surface area contributed by atoms with Gasteiger partial charge in [0.05, 0.1) is 5.69 Å². The average molecular weight is 431 g/mol. The summed E-state index contributed by atoms with van der Waals surface area (Å²) in [5, 5.41) is 3.33. The van der Waals surface area contributed by atoms with Crippen molar-refractivity contribution in [2.45, 2.75) is 9.79 Å². The maximum Gasteiger partial charge on any atom is 0.351 e. The van der Waals surface area contributed by atoms with Gasteiger partial charge < -0.3 is 14.5 Å². The van der Waals surface area contributed by atoms with Crippen LogP contribution in [0.25, 0.3) is 11.0 Å². The van der Waals surface area contributed by atoms with Crippen LogP contribution in [0.5, 0.6) is 0 Å². The molecule has 0 atom stereocenters. The van der Waals surface area contributed by atoms with Gasteiger partial charge in [0.15, 0.2) is 6.61 Å². The first-order valence-electron chi connectivity index (χ1n) is 9.42. The molecule has 1 heterocycles. The summed E-state index contributed by atoms with van der Waals surface area (Å²) in [6.07, 6.45) is 0. The molecule has 0 unspecified atom stereocenters. The minimum Gasteiger partial charge on any atom is -0.452 e. The molecule has 0 radical (unpaired) electrons. The molecule has 1 N–H and O–H groups in total. The fraction of sp³-hybridized carbons (Fsp3) is 0.0417. The number of fused-ring (bicyclic) bond motifs is 1.